The van der Waals surface area contributed by atoms with Crippen LogP contribution in [0.4, 0.5) is 0 Å². The van der Waals surface area contributed by atoms with Crippen LogP contribution in [-0.2, 0) is 9.53 Å². The lowest BCUT2D eigenvalue weighted by molar-refractivity contribution is -0.133. The van der Waals surface area contributed by atoms with Gasteiger partial charge in [0.05, 0.1) is 6.04 Å². The summed E-state index contributed by atoms with van der Waals surface area (Å²) < 4.78 is 5.53. The van der Waals surface area contributed by atoms with Crippen molar-refractivity contribution in [3.63, 3.8) is 0 Å². The van der Waals surface area contributed by atoms with Crippen molar-refractivity contribution in [2.24, 2.45) is 5.92 Å². The van der Waals surface area contributed by atoms with Crippen LogP contribution < -0.4 is 5.32 Å². The molecule has 4 heteroatoms. The molecule has 0 spiro atoms. The molecular weight excluding hydrogens is 252 g/mol. The fourth-order valence-electron chi connectivity index (χ4n) is 2.46. The molecule has 1 fully saturated rings. The van der Waals surface area contributed by atoms with Gasteiger partial charge in [-0.05, 0) is 38.6 Å². The monoisotopic (exact) mass is 284 g/mol. The van der Waals surface area contributed by atoms with E-state index in [0.717, 1.165) is 52.1 Å². The number of nitrogens with one attached hydrogen (secondary N) is 1. The Kier molecular flexibility index (Phi) is 8.86. The number of carbonyl (C=O) groups excluding carboxylic acids is 1. The van der Waals surface area contributed by atoms with Crippen molar-refractivity contribution in [3.8, 4) is 0 Å². The second kappa shape index (κ2) is 10.2. The van der Waals surface area contributed by atoms with Crippen molar-refractivity contribution in [1.82, 2.24) is 10.2 Å². The van der Waals surface area contributed by atoms with E-state index < -0.39 is 0 Å². The number of likely N-dealkylation sites (tertiary alicyclic amines) is 1. The predicted octanol–water partition coefficient (Wildman–Crippen LogP) is 2.43. The van der Waals surface area contributed by atoms with E-state index in [1.807, 2.05) is 11.8 Å². The van der Waals surface area contributed by atoms with Gasteiger partial charge in [-0.1, -0.05) is 26.7 Å². The third-order valence-corrected chi connectivity index (χ3v) is 3.66. The van der Waals surface area contributed by atoms with Crippen LogP contribution in [-0.4, -0.2) is 49.7 Å². The number of nitrogens with zero attached hydrogens (tertiary/aromatic N) is 1. The molecule has 1 amide bonds. The quantitative estimate of drug-likeness (QED) is 0.696. The summed E-state index contributed by atoms with van der Waals surface area (Å²) in [7, 11) is 0. The van der Waals surface area contributed by atoms with Gasteiger partial charge in [-0.2, -0.15) is 0 Å². The van der Waals surface area contributed by atoms with E-state index in [1.165, 1.54) is 12.8 Å². The minimum absolute atomic E-state index is 0.0711. The number of amides is 1. The van der Waals surface area contributed by atoms with Gasteiger partial charge in [0.15, 0.2) is 0 Å². The van der Waals surface area contributed by atoms with Crippen LogP contribution in [0.5, 0.6) is 0 Å². The predicted molar refractivity (Wildman–Crippen MR) is 82.8 cm³/mol. The summed E-state index contributed by atoms with van der Waals surface area (Å²) in [6.07, 6.45) is 5.80. The molecule has 20 heavy (non-hydrogen) atoms. The lowest BCUT2D eigenvalue weighted by Gasteiger charge is -2.24. The minimum Gasteiger partial charge on any atom is -0.381 e. The Morgan fingerprint density at radius 2 is 1.80 bits per heavy atom. The highest BCUT2D eigenvalue weighted by Crippen LogP contribution is 2.10. The normalized spacial score (nSPS) is 18.1. The average Bonchev–Trinajstić information content (AvgIpc) is 2.70. The molecule has 0 bridgehead atoms. The molecular formula is C16H32N2O2. The standard InChI is InChI=1S/C16H32N2O2/c1-14(2)13-20-12-8-9-17-15(3)16(19)18-10-6-4-5-7-11-18/h14-15,17H,4-13H2,1-3H3. The molecule has 1 N–H and O–H groups in total. The molecule has 1 saturated heterocycles. The van der Waals surface area contributed by atoms with Crippen molar-refractivity contribution < 1.29 is 9.53 Å². The zero-order valence-electron chi connectivity index (χ0n) is 13.5. The molecule has 0 saturated carbocycles. The van der Waals surface area contributed by atoms with E-state index >= 15 is 0 Å². The molecule has 0 aromatic rings. The first kappa shape index (κ1) is 17.4. The van der Waals surface area contributed by atoms with E-state index in [4.69, 9.17) is 4.74 Å². The first-order chi connectivity index (χ1) is 9.61. The molecule has 1 aliphatic heterocycles. The van der Waals surface area contributed by atoms with Crippen LogP contribution in [0.1, 0.15) is 52.9 Å². The summed E-state index contributed by atoms with van der Waals surface area (Å²) in [6.45, 7) is 10.6. The number of hydrogen-bond acceptors (Lipinski definition) is 3. The molecule has 0 aliphatic carbocycles. The van der Waals surface area contributed by atoms with Crippen LogP contribution in [0.25, 0.3) is 0 Å². The van der Waals surface area contributed by atoms with Crippen LogP contribution in [0.15, 0.2) is 0 Å². The van der Waals surface area contributed by atoms with Gasteiger partial charge in [0.1, 0.15) is 0 Å². The zero-order chi connectivity index (χ0) is 14.8. The number of rotatable bonds is 8. The number of hydrogen-bond donors (Lipinski definition) is 1. The Morgan fingerprint density at radius 3 is 2.40 bits per heavy atom. The second-order valence-electron chi connectivity index (χ2n) is 6.24. The van der Waals surface area contributed by atoms with Gasteiger partial charge in [-0.3, -0.25) is 4.79 Å². The van der Waals surface area contributed by atoms with Gasteiger partial charge in [0.25, 0.3) is 0 Å². The Balaban J connectivity index is 2.11. The maximum Gasteiger partial charge on any atom is 0.239 e. The van der Waals surface area contributed by atoms with Crippen molar-refractivity contribution in [1.29, 1.82) is 0 Å². The Morgan fingerprint density at radius 1 is 1.15 bits per heavy atom. The lowest BCUT2D eigenvalue weighted by atomic mass is 10.2. The first-order valence-electron chi connectivity index (χ1n) is 8.21. The molecule has 1 unspecified atom stereocenters. The molecule has 0 aromatic heterocycles. The van der Waals surface area contributed by atoms with Crippen molar-refractivity contribution >= 4 is 5.91 Å². The Hall–Kier alpha value is -0.610. The van der Waals surface area contributed by atoms with Crippen LogP contribution in [0.2, 0.25) is 0 Å². The summed E-state index contributed by atoms with van der Waals surface area (Å²) in [5.41, 5.74) is 0. The molecule has 1 aliphatic rings. The third-order valence-electron chi connectivity index (χ3n) is 3.66. The zero-order valence-corrected chi connectivity index (χ0v) is 13.5. The second-order valence-corrected chi connectivity index (χ2v) is 6.24. The fourth-order valence-corrected chi connectivity index (χ4v) is 2.46. The molecule has 0 aromatic carbocycles. The van der Waals surface area contributed by atoms with Gasteiger partial charge in [-0.25, -0.2) is 0 Å². The summed E-state index contributed by atoms with van der Waals surface area (Å²) in [5, 5.41) is 3.32. The van der Waals surface area contributed by atoms with Gasteiger partial charge >= 0.3 is 0 Å². The van der Waals surface area contributed by atoms with E-state index in [0.29, 0.717) is 5.92 Å². The van der Waals surface area contributed by atoms with Crippen LogP contribution in [0.3, 0.4) is 0 Å². The summed E-state index contributed by atoms with van der Waals surface area (Å²) in [4.78, 5) is 14.3. The maximum atomic E-state index is 12.3. The van der Waals surface area contributed by atoms with Gasteiger partial charge < -0.3 is 15.0 Å². The van der Waals surface area contributed by atoms with E-state index in [2.05, 4.69) is 19.2 Å². The smallest absolute Gasteiger partial charge is 0.239 e. The molecule has 118 valence electrons. The van der Waals surface area contributed by atoms with Gasteiger partial charge in [0, 0.05) is 26.3 Å². The molecule has 1 heterocycles. The average molecular weight is 284 g/mol. The molecule has 1 rings (SSSR count). The fraction of sp³-hybridized carbons (Fsp3) is 0.938. The minimum atomic E-state index is -0.0711. The molecule has 4 nitrogen and oxygen atoms in total. The maximum absolute atomic E-state index is 12.3. The number of ether oxygens (including phenoxy) is 1. The van der Waals surface area contributed by atoms with Crippen LogP contribution >= 0.6 is 0 Å². The molecule has 0 radical (unpaired) electrons. The first-order valence-corrected chi connectivity index (χ1v) is 8.21. The Bertz CT molecular complexity index is 261. The van der Waals surface area contributed by atoms with Crippen molar-refractivity contribution in [2.45, 2.75) is 58.9 Å². The molecule has 1 atom stereocenters. The van der Waals surface area contributed by atoms with E-state index in [1.54, 1.807) is 0 Å². The highest BCUT2D eigenvalue weighted by atomic mass is 16.5. The summed E-state index contributed by atoms with van der Waals surface area (Å²) in [6, 6.07) is -0.0711. The summed E-state index contributed by atoms with van der Waals surface area (Å²) in [5.74, 6) is 0.849. The third kappa shape index (κ3) is 7.25. The van der Waals surface area contributed by atoms with E-state index in [9.17, 15) is 4.79 Å². The topological polar surface area (TPSA) is 41.6 Å². The number of carbonyl (C=O) groups is 1. The lowest BCUT2D eigenvalue weighted by Crippen LogP contribution is -2.45. The van der Waals surface area contributed by atoms with Crippen LogP contribution in [0, 0.1) is 5.92 Å². The summed E-state index contributed by atoms with van der Waals surface area (Å²) >= 11 is 0. The highest BCUT2D eigenvalue weighted by Gasteiger charge is 2.20. The van der Waals surface area contributed by atoms with Gasteiger partial charge in [0.2, 0.25) is 5.91 Å². The Labute approximate surface area is 124 Å². The highest BCUT2D eigenvalue weighted by molar-refractivity contribution is 5.81. The van der Waals surface area contributed by atoms with Crippen molar-refractivity contribution in [2.75, 3.05) is 32.8 Å². The van der Waals surface area contributed by atoms with Gasteiger partial charge in [-0.15, -0.1) is 0 Å². The largest absolute Gasteiger partial charge is 0.381 e. The van der Waals surface area contributed by atoms with Crippen molar-refractivity contribution in [3.05, 3.63) is 0 Å². The SMILES string of the molecule is CC(C)COCCCNC(C)C(=O)N1CCCCCC1. The van der Waals surface area contributed by atoms with E-state index in [-0.39, 0.29) is 11.9 Å².